The van der Waals surface area contributed by atoms with Crippen molar-refractivity contribution >= 4 is 17.4 Å². The Hall–Kier alpha value is -2.36. The van der Waals surface area contributed by atoms with Gasteiger partial charge in [-0.15, -0.1) is 0 Å². The topological polar surface area (TPSA) is 45.2 Å². The molecular formula is C16H19N3O. The first kappa shape index (κ1) is 14.1. The number of aryl methyl sites for hydroxylation is 1. The van der Waals surface area contributed by atoms with Gasteiger partial charge < -0.3 is 10.2 Å². The van der Waals surface area contributed by atoms with Crippen LogP contribution in [0.4, 0.5) is 11.5 Å². The third-order valence-electron chi connectivity index (χ3n) is 3.30. The van der Waals surface area contributed by atoms with E-state index < -0.39 is 0 Å². The number of rotatable bonds is 4. The Balaban J connectivity index is 2.22. The van der Waals surface area contributed by atoms with Crippen molar-refractivity contribution in [2.45, 2.75) is 13.3 Å². The van der Waals surface area contributed by atoms with Crippen LogP contribution in [0.15, 0.2) is 42.6 Å². The summed E-state index contributed by atoms with van der Waals surface area (Å²) in [6.45, 7) is 2.11. The highest BCUT2D eigenvalue weighted by atomic mass is 16.2. The summed E-state index contributed by atoms with van der Waals surface area (Å²) in [6, 6.07) is 11.5. The third kappa shape index (κ3) is 2.96. The van der Waals surface area contributed by atoms with Gasteiger partial charge in [-0.05, 0) is 36.2 Å². The standard InChI is InChI=1S/C16H19N3O/c1-4-12-5-7-14(8-6-12)19(3)16(20)13-9-10-18-15(11-13)17-2/h5-11H,4H2,1-3H3,(H,17,18). The lowest BCUT2D eigenvalue weighted by Crippen LogP contribution is -2.26. The van der Waals surface area contributed by atoms with Crippen LogP contribution in [0.2, 0.25) is 0 Å². The zero-order chi connectivity index (χ0) is 14.5. The molecule has 0 aliphatic heterocycles. The number of nitrogens with zero attached hydrogens (tertiary/aromatic N) is 2. The van der Waals surface area contributed by atoms with Gasteiger partial charge in [0.25, 0.3) is 5.91 Å². The molecule has 1 amide bonds. The van der Waals surface area contributed by atoms with Crippen molar-refractivity contribution in [2.75, 3.05) is 24.3 Å². The van der Waals surface area contributed by atoms with E-state index in [1.165, 1.54) is 5.56 Å². The fourth-order valence-corrected chi connectivity index (χ4v) is 1.97. The molecule has 1 aromatic carbocycles. The third-order valence-corrected chi connectivity index (χ3v) is 3.30. The maximum absolute atomic E-state index is 12.4. The lowest BCUT2D eigenvalue weighted by atomic mass is 10.1. The van der Waals surface area contributed by atoms with Crippen LogP contribution in [0.5, 0.6) is 0 Å². The summed E-state index contributed by atoms with van der Waals surface area (Å²) < 4.78 is 0. The van der Waals surface area contributed by atoms with Crippen LogP contribution in [0.1, 0.15) is 22.8 Å². The zero-order valence-corrected chi connectivity index (χ0v) is 12.1. The summed E-state index contributed by atoms with van der Waals surface area (Å²) in [5.41, 5.74) is 2.76. The van der Waals surface area contributed by atoms with Crippen molar-refractivity contribution in [3.05, 3.63) is 53.7 Å². The average Bonchev–Trinajstić information content (AvgIpc) is 2.53. The van der Waals surface area contributed by atoms with E-state index in [2.05, 4.69) is 17.2 Å². The van der Waals surface area contributed by atoms with Gasteiger partial charge in [-0.2, -0.15) is 0 Å². The summed E-state index contributed by atoms with van der Waals surface area (Å²) in [7, 11) is 3.56. The highest BCUT2D eigenvalue weighted by Gasteiger charge is 2.13. The second-order valence-electron chi connectivity index (χ2n) is 4.56. The molecule has 0 unspecified atom stereocenters. The molecule has 4 heteroatoms. The van der Waals surface area contributed by atoms with Gasteiger partial charge in [0.2, 0.25) is 0 Å². The van der Waals surface area contributed by atoms with Crippen molar-refractivity contribution < 1.29 is 4.79 Å². The average molecular weight is 269 g/mol. The second kappa shape index (κ2) is 6.19. The number of carbonyl (C=O) groups excluding carboxylic acids is 1. The van der Waals surface area contributed by atoms with E-state index in [1.54, 1.807) is 37.3 Å². The van der Waals surface area contributed by atoms with E-state index in [4.69, 9.17) is 0 Å². The SMILES string of the molecule is CCc1ccc(N(C)C(=O)c2ccnc(NC)c2)cc1. The van der Waals surface area contributed by atoms with E-state index in [9.17, 15) is 4.79 Å². The summed E-state index contributed by atoms with van der Waals surface area (Å²) in [6.07, 6.45) is 2.63. The van der Waals surface area contributed by atoms with Crippen LogP contribution in [0.25, 0.3) is 0 Å². The van der Waals surface area contributed by atoms with Crippen LogP contribution in [-0.2, 0) is 6.42 Å². The maximum atomic E-state index is 12.4. The number of hydrogen-bond acceptors (Lipinski definition) is 3. The first-order valence-electron chi connectivity index (χ1n) is 6.66. The normalized spacial score (nSPS) is 10.2. The lowest BCUT2D eigenvalue weighted by Gasteiger charge is -2.18. The van der Waals surface area contributed by atoms with E-state index in [1.807, 2.05) is 24.3 Å². The van der Waals surface area contributed by atoms with Crippen LogP contribution < -0.4 is 10.2 Å². The van der Waals surface area contributed by atoms with Crippen molar-refractivity contribution in [3.63, 3.8) is 0 Å². The number of anilines is 2. The Bertz CT molecular complexity index is 593. The Morgan fingerprint density at radius 3 is 2.55 bits per heavy atom. The van der Waals surface area contributed by atoms with E-state index in [0.717, 1.165) is 12.1 Å². The van der Waals surface area contributed by atoms with Gasteiger partial charge >= 0.3 is 0 Å². The van der Waals surface area contributed by atoms with Crippen molar-refractivity contribution in [1.82, 2.24) is 4.98 Å². The smallest absolute Gasteiger partial charge is 0.258 e. The molecule has 2 aromatic rings. The molecular weight excluding hydrogens is 250 g/mol. The molecule has 104 valence electrons. The molecule has 0 saturated heterocycles. The molecule has 4 nitrogen and oxygen atoms in total. The number of hydrogen-bond donors (Lipinski definition) is 1. The van der Waals surface area contributed by atoms with Crippen LogP contribution in [0.3, 0.4) is 0 Å². The molecule has 0 atom stereocenters. The highest BCUT2D eigenvalue weighted by Crippen LogP contribution is 2.17. The summed E-state index contributed by atoms with van der Waals surface area (Å²) >= 11 is 0. The number of carbonyl (C=O) groups is 1. The van der Waals surface area contributed by atoms with Crippen molar-refractivity contribution in [1.29, 1.82) is 0 Å². The fourth-order valence-electron chi connectivity index (χ4n) is 1.97. The van der Waals surface area contributed by atoms with Crippen molar-refractivity contribution in [3.8, 4) is 0 Å². The number of benzene rings is 1. The largest absolute Gasteiger partial charge is 0.373 e. The highest BCUT2D eigenvalue weighted by molar-refractivity contribution is 6.06. The summed E-state index contributed by atoms with van der Waals surface area (Å²) in [5, 5.41) is 2.93. The molecule has 1 aromatic heterocycles. The lowest BCUT2D eigenvalue weighted by molar-refractivity contribution is 0.0993. The van der Waals surface area contributed by atoms with E-state index in [-0.39, 0.29) is 5.91 Å². The molecule has 0 bridgehead atoms. The molecule has 0 saturated carbocycles. The van der Waals surface area contributed by atoms with Gasteiger partial charge in [-0.3, -0.25) is 4.79 Å². The van der Waals surface area contributed by atoms with Crippen LogP contribution in [-0.4, -0.2) is 25.0 Å². The van der Waals surface area contributed by atoms with Crippen LogP contribution >= 0.6 is 0 Å². The molecule has 0 fully saturated rings. The zero-order valence-electron chi connectivity index (χ0n) is 12.1. The number of pyridine rings is 1. The molecule has 20 heavy (non-hydrogen) atoms. The Labute approximate surface area is 119 Å². The minimum absolute atomic E-state index is 0.0480. The van der Waals surface area contributed by atoms with Gasteiger partial charge in [-0.1, -0.05) is 19.1 Å². The molecule has 1 N–H and O–H groups in total. The minimum atomic E-state index is -0.0480. The fraction of sp³-hybridized carbons (Fsp3) is 0.250. The first-order valence-corrected chi connectivity index (χ1v) is 6.66. The quantitative estimate of drug-likeness (QED) is 0.928. The number of nitrogens with one attached hydrogen (secondary N) is 1. The Morgan fingerprint density at radius 1 is 1.25 bits per heavy atom. The molecule has 0 spiro atoms. The van der Waals surface area contributed by atoms with Gasteiger partial charge in [0, 0.05) is 31.5 Å². The second-order valence-corrected chi connectivity index (χ2v) is 4.56. The van der Waals surface area contributed by atoms with Crippen LogP contribution in [0, 0.1) is 0 Å². The Kier molecular flexibility index (Phi) is 4.35. The molecule has 0 aliphatic rings. The predicted octanol–water partition coefficient (Wildman–Crippen LogP) is 2.96. The minimum Gasteiger partial charge on any atom is -0.373 e. The maximum Gasteiger partial charge on any atom is 0.258 e. The molecule has 2 rings (SSSR count). The van der Waals surface area contributed by atoms with Gasteiger partial charge in [0.05, 0.1) is 0 Å². The Morgan fingerprint density at radius 2 is 1.95 bits per heavy atom. The number of aromatic nitrogens is 1. The predicted molar refractivity (Wildman–Crippen MR) is 82.3 cm³/mol. The number of amides is 1. The summed E-state index contributed by atoms with van der Waals surface area (Å²) in [5.74, 6) is 0.638. The summed E-state index contributed by atoms with van der Waals surface area (Å²) in [4.78, 5) is 18.2. The first-order chi connectivity index (χ1) is 9.65. The molecule has 0 radical (unpaired) electrons. The molecule has 1 heterocycles. The van der Waals surface area contributed by atoms with Crippen molar-refractivity contribution in [2.24, 2.45) is 0 Å². The monoisotopic (exact) mass is 269 g/mol. The van der Waals surface area contributed by atoms with E-state index in [0.29, 0.717) is 11.4 Å². The van der Waals surface area contributed by atoms with Gasteiger partial charge in [0.15, 0.2) is 0 Å². The molecule has 0 aliphatic carbocycles. The van der Waals surface area contributed by atoms with Gasteiger partial charge in [0.1, 0.15) is 5.82 Å². The van der Waals surface area contributed by atoms with E-state index >= 15 is 0 Å². The van der Waals surface area contributed by atoms with Gasteiger partial charge in [-0.25, -0.2) is 4.98 Å².